The Morgan fingerprint density at radius 3 is 2.41 bits per heavy atom. The number of amides is 3. The van der Waals surface area contributed by atoms with Crippen molar-refractivity contribution in [3.05, 3.63) is 42.2 Å². The van der Waals surface area contributed by atoms with Crippen LogP contribution in [0.4, 0.5) is 5.69 Å². The van der Waals surface area contributed by atoms with Gasteiger partial charge in [0, 0.05) is 11.9 Å². The maximum atomic E-state index is 12.5. The highest BCUT2D eigenvalue weighted by Crippen LogP contribution is 2.35. The molecule has 0 unspecified atom stereocenters. The second kappa shape index (κ2) is 9.90. The van der Waals surface area contributed by atoms with Crippen LogP contribution in [0.25, 0.3) is 11.0 Å². The minimum absolute atomic E-state index is 0.0928. The zero-order valence-electron chi connectivity index (χ0n) is 18.6. The number of imide groups is 1. The summed E-state index contributed by atoms with van der Waals surface area (Å²) in [5.74, 6) is -3.59. The molecule has 1 aromatic heterocycles. The number of likely N-dealkylation sites (tertiary alicyclic amines) is 1. The quantitative estimate of drug-likeness (QED) is 0.355. The minimum Gasteiger partial charge on any atom is -0.460 e. The van der Waals surface area contributed by atoms with E-state index in [1.807, 2.05) is 12.2 Å². The molecule has 10 nitrogen and oxygen atoms in total. The number of nitrogens with zero attached hydrogens (tertiary/aromatic N) is 1. The summed E-state index contributed by atoms with van der Waals surface area (Å²) in [6, 6.07) is 6.74. The molecule has 1 aliphatic heterocycles. The molecule has 0 saturated carbocycles. The number of anilines is 1. The lowest BCUT2D eigenvalue weighted by molar-refractivity contribution is -0.148. The van der Waals surface area contributed by atoms with Gasteiger partial charge in [-0.1, -0.05) is 24.3 Å². The Morgan fingerprint density at radius 2 is 1.74 bits per heavy atom. The molecule has 2 heterocycles. The molecule has 178 valence electrons. The lowest BCUT2D eigenvalue weighted by Gasteiger charge is -2.14. The normalized spacial score (nSPS) is 19.3. The van der Waals surface area contributed by atoms with Crippen LogP contribution in [0.5, 0.6) is 0 Å². The molecular weight excluding hydrogens is 444 g/mol. The SMILES string of the molecule is CCOC(=O)c1oc2ccccc2c1NC(=O)COC(=O)CCN1C(=O)[C@H]2CC=CC[C@H]2C1=O. The number of nitrogens with one attached hydrogen (secondary N) is 1. The number of fused-ring (bicyclic) bond motifs is 2. The minimum atomic E-state index is -0.735. The highest BCUT2D eigenvalue weighted by molar-refractivity contribution is 6.10. The van der Waals surface area contributed by atoms with Gasteiger partial charge < -0.3 is 19.2 Å². The Balaban J connectivity index is 1.32. The second-order valence-electron chi connectivity index (χ2n) is 7.97. The van der Waals surface area contributed by atoms with E-state index in [0.29, 0.717) is 23.8 Å². The molecule has 0 spiro atoms. The number of para-hydroxylation sites is 1. The molecule has 1 aromatic carbocycles. The number of hydrogen-bond acceptors (Lipinski definition) is 8. The average molecular weight is 468 g/mol. The third kappa shape index (κ3) is 4.57. The smallest absolute Gasteiger partial charge is 0.376 e. The van der Waals surface area contributed by atoms with Crippen molar-refractivity contribution in [2.45, 2.75) is 26.2 Å². The zero-order valence-corrected chi connectivity index (χ0v) is 18.6. The van der Waals surface area contributed by atoms with E-state index in [1.54, 1.807) is 31.2 Å². The number of carbonyl (C=O) groups excluding carboxylic acids is 5. The molecule has 0 radical (unpaired) electrons. The molecule has 2 atom stereocenters. The van der Waals surface area contributed by atoms with E-state index in [4.69, 9.17) is 13.9 Å². The van der Waals surface area contributed by atoms with Crippen molar-refractivity contribution >= 4 is 46.3 Å². The summed E-state index contributed by atoms with van der Waals surface area (Å²) in [6.45, 7) is 1.06. The standard InChI is InChI=1S/C24H24N2O8/c1-2-32-24(31)21-20(16-9-5-6-10-17(16)34-21)25-18(27)13-33-19(28)11-12-26-22(29)14-7-3-4-8-15(14)23(26)30/h3-6,9-10,14-15H,2,7-8,11-13H2,1H3,(H,25,27)/t14-,15+. The van der Waals surface area contributed by atoms with Crippen LogP contribution >= 0.6 is 0 Å². The topological polar surface area (TPSA) is 132 Å². The molecular formula is C24H24N2O8. The monoisotopic (exact) mass is 468 g/mol. The fraction of sp³-hybridized carbons (Fsp3) is 0.375. The zero-order chi connectivity index (χ0) is 24.2. The highest BCUT2D eigenvalue weighted by Gasteiger charge is 2.46. The van der Waals surface area contributed by atoms with Gasteiger partial charge in [-0.2, -0.15) is 0 Å². The third-order valence-electron chi connectivity index (χ3n) is 5.82. The highest BCUT2D eigenvalue weighted by atomic mass is 16.5. The molecule has 0 bridgehead atoms. The molecule has 1 N–H and O–H groups in total. The first-order valence-electron chi connectivity index (χ1n) is 11.0. The Bertz CT molecular complexity index is 1150. The van der Waals surface area contributed by atoms with Gasteiger partial charge in [0.25, 0.3) is 5.91 Å². The summed E-state index contributed by atoms with van der Waals surface area (Å²) in [7, 11) is 0. The Kier molecular flexibility index (Phi) is 6.76. The van der Waals surface area contributed by atoms with Crippen LogP contribution in [0.15, 0.2) is 40.8 Å². The number of carbonyl (C=O) groups is 5. The van der Waals surface area contributed by atoms with Gasteiger partial charge >= 0.3 is 11.9 Å². The first-order chi connectivity index (χ1) is 16.4. The van der Waals surface area contributed by atoms with Crippen LogP contribution in [0.3, 0.4) is 0 Å². The number of ether oxygens (including phenoxy) is 2. The van der Waals surface area contributed by atoms with Crippen LogP contribution in [-0.2, 0) is 28.7 Å². The van der Waals surface area contributed by atoms with E-state index in [-0.39, 0.29) is 54.7 Å². The number of allylic oxidation sites excluding steroid dienone is 2. The molecule has 34 heavy (non-hydrogen) atoms. The molecule has 1 saturated heterocycles. The average Bonchev–Trinajstić information content (AvgIpc) is 3.32. The maximum Gasteiger partial charge on any atom is 0.376 e. The first-order valence-corrected chi connectivity index (χ1v) is 11.0. The number of rotatable bonds is 8. The largest absolute Gasteiger partial charge is 0.460 e. The fourth-order valence-corrected chi connectivity index (χ4v) is 4.20. The first kappa shape index (κ1) is 23.2. The van der Waals surface area contributed by atoms with E-state index in [9.17, 15) is 24.0 Å². The lowest BCUT2D eigenvalue weighted by Crippen LogP contribution is -2.33. The van der Waals surface area contributed by atoms with Crippen molar-refractivity contribution in [1.29, 1.82) is 0 Å². The summed E-state index contributed by atoms with van der Waals surface area (Å²) in [5.41, 5.74) is 0.508. The van der Waals surface area contributed by atoms with Gasteiger partial charge in [0.05, 0.1) is 24.9 Å². The van der Waals surface area contributed by atoms with Gasteiger partial charge in [-0.3, -0.25) is 24.1 Å². The van der Waals surface area contributed by atoms with Crippen LogP contribution in [0.2, 0.25) is 0 Å². The van der Waals surface area contributed by atoms with Gasteiger partial charge in [-0.15, -0.1) is 0 Å². The molecule has 2 aromatic rings. The fourth-order valence-electron chi connectivity index (χ4n) is 4.20. The van der Waals surface area contributed by atoms with E-state index in [0.717, 1.165) is 4.90 Å². The van der Waals surface area contributed by atoms with Crippen molar-refractivity contribution in [3.63, 3.8) is 0 Å². The van der Waals surface area contributed by atoms with E-state index < -0.39 is 24.5 Å². The Hall–Kier alpha value is -3.95. The van der Waals surface area contributed by atoms with Crippen LogP contribution in [0.1, 0.15) is 36.7 Å². The molecule has 1 aliphatic carbocycles. The Morgan fingerprint density at radius 1 is 1.06 bits per heavy atom. The third-order valence-corrected chi connectivity index (χ3v) is 5.82. The predicted octanol–water partition coefficient (Wildman–Crippen LogP) is 2.43. The summed E-state index contributed by atoms with van der Waals surface area (Å²) < 4.78 is 15.5. The summed E-state index contributed by atoms with van der Waals surface area (Å²) in [6.07, 6.45) is 4.60. The molecule has 2 aliphatic rings. The van der Waals surface area contributed by atoms with Gasteiger partial charge in [-0.25, -0.2) is 4.79 Å². The van der Waals surface area contributed by atoms with Crippen molar-refractivity contribution in [2.75, 3.05) is 25.1 Å². The van der Waals surface area contributed by atoms with Crippen LogP contribution in [0, 0.1) is 11.8 Å². The van der Waals surface area contributed by atoms with Crippen LogP contribution in [-0.4, -0.2) is 54.3 Å². The summed E-state index contributed by atoms with van der Waals surface area (Å²) >= 11 is 0. The lowest BCUT2D eigenvalue weighted by atomic mass is 9.85. The van der Waals surface area contributed by atoms with Crippen molar-refractivity contribution in [3.8, 4) is 0 Å². The molecule has 4 rings (SSSR count). The molecule has 10 heteroatoms. The van der Waals surface area contributed by atoms with Gasteiger partial charge in [0.15, 0.2) is 6.61 Å². The summed E-state index contributed by atoms with van der Waals surface area (Å²) in [5, 5.41) is 3.03. The van der Waals surface area contributed by atoms with E-state index in [2.05, 4.69) is 5.32 Å². The van der Waals surface area contributed by atoms with Crippen molar-refractivity contribution < 1.29 is 37.9 Å². The number of hydrogen-bond donors (Lipinski definition) is 1. The number of esters is 2. The molecule has 3 amide bonds. The number of benzene rings is 1. The van der Waals surface area contributed by atoms with Crippen LogP contribution < -0.4 is 5.32 Å². The summed E-state index contributed by atoms with van der Waals surface area (Å²) in [4.78, 5) is 62.8. The van der Waals surface area contributed by atoms with Crippen molar-refractivity contribution in [2.24, 2.45) is 11.8 Å². The van der Waals surface area contributed by atoms with E-state index in [1.165, 1.54) is 0 Å². The Labute approximate surface area is 194 Å². The van der Waals surface area contributed by atoms with Gasteiger partial charge in [0.1, 0.15) is 11.3 Å². The second-order valence-corrected chi connectivity index (χ2v) is 7.97. The van der Waals surface area contributed by atoms with Gasteiger partial charge in [0.2, 0.25) is 17.6 Å². The predicted molar refractivity (Wildman–Crippen MR) is 118 cm³/mol. The van der Waals surface area contributed by atoms with Crippen molar-refractivity contribution in [1.82, 2.24) is 4.90 Å². The molecule has 1 fully saturated rings. The van der Waals surface area contributed by atoms with Gasteiger partial charge in [-0.05, 0) is 31.9 Å². The maximum absolute atomic E-state index is 12.5. The number of furan rings is 1. The van der Waals surface area contributed by atoms with E-state index >= 15 is 0 Å².